The Balaban J connectivity index is -0.0000000370. The molecule has 162 valence electrons. The van der Waals surface area contributed by atoms with Crippen molar-refractivity contribution in [2.24, 2.45) is 0 Å². The van der Waals surface area contributed by atoms with E-state index >= 15 is 0 Å². The zero-order valence-electron chi connectivity index (χ0n) is 17.5. The molecule has 0 atom stereocenters. The van der Waals surface area contributed by atoms with Crippen molar-refractivity contribution in [1.82, 2.24) is 0 Å². The van der Waals surface area contributed by atoms with Crippen LogP contribution in [0.25, 0.3) is 0 Å². The quantitative estimate of drug-likeness (QED) is 0.249. The number of unbranched alkanes of at least 4 members (excludes halogenated alkanes) is 1. The maximum atomic E-state index is 11.3. The molecule has 0 amide bonds. The molecule has 0 rings (SSSR count). The van der Waals surface area contributed by atoms with Gasteiger partial charge in [0, 0.05) is 0 Å². The summed E-state index contributed by atoms with van der Waals surface area (Å²) in [6, 6.07) is 0. The molecule has 0 nitrogen and oxygen atoms in total. The molecule has 0 fully saturated rings. The Morgan fingerprint density at radius 2 is 0.704 bits per heavy atom. The van der Waals surface area contributed by atoms with Crippen LogP contribution in [0.4, 0.5) is 39.5 Å². The molecule has 0 aromatic rings. The summed E-state index contributed by atoms with van der Waals surface area (Å²) in [6.07, 6.45) is -5.78. The minimum absolute atomic E-state index is 0. The second-order valence-corrected chi connectivity index (χ2v) is 3.24. The summed E-state index contributed by atoms with van der Waals surface area (Å²) in [5, 5.41) is 0. The molecule has 27 heavy (non-hydrogen) atoms. The Bertz CT molecular complexity index is 257. The van der Waals surface area contributed by atoms with E-state index in [0.717, 1.165) is 20.3 Å². The molecule has 0 spiro atoms. The number of allylic oxidation sites excluding steroid dienone is 3. The van der Waals surface area contributed by atoms with E-state index in [1.54, 1.807) is 0 Å². The van der Waals surface area contributed by atoms with E-state index in [0.29, 0.717) is 6.92 Å². The van der Waals surface area contributed by atoms with Gasteiger partial charge in [-0.3, -0.25) is 0 Å². The van der Waals surface area contributed by atoms with Crippen LogP contribution in [0.15, 0.2) is 35.7 Å². The number of hydrogen-bond acceptors (Lipinski definition) is 0. The van der Waals surface area contributed by atoms with Crippen LogP contribution in [0.1, 0.15) is 68.2 Å². The summed E-state index contributed by atoms with van der Waals surface area (Å²) in [6.45, 7) is 16.6. The monoisotopic (exact) mass is 412 g/mol. The summed E-state index contributed by atoms with van der Waals surface area (Å²) in [5.74, 6) is -2.89. The van der Waals surface area contributed by atoms with Crippen molar-refractivity contribution in [1.29, 1.82) is 0 Å². The third kappa shape index (κ3) is 91.2. The molecular formula is C17H30F9Li. The van der Waals surface area contributed by atoms with E-state index in [2.05, 4.69) is 13.8 Å². The number of halogens is 9. The first-order valence-corrected chi connectivity index (χ1v) is 7.66. The van der Waals surface area contributed by atoms with Crippen LogP contribution in [0.5, 0.6) is 0 Å². The average molecular weight is 412 g/mol. The van der Waals surface area contributed by atoms with Gasteiger partial charge in [-0.05, 0) is 20.8 Å². The van der Waals surface area contributed by atoms with Crippen molar-refractivity contribution < 1.29 is 58.4 Å². The Hall–Kier alpha value is -0.813. The van der Waals surface area contributed by atoms with E-state index in [4.69, 9.17) is 0 Å². The fraction of sp³-hybridized carbons (Fsp3) is 0.588. The molecule has 10 heteroatoms. The van der Waals surface area contributed by atoms with E-state index < -0.39 is 35.7 Å². The molecule has 0 aliphatic rings. The summed E-state index contributed by atoms with van der Waals surface area (Å²) in [5.41, 5.74) is 0. The first-order valence-electron chi connectivity index (χ1n) is 7.66. The Morgan fingerprint density at radius 1 is 0.556 bits per heavy atom. The molecule has 0 bridgehead atoms. The van der Waals surface area contributed by atoms with Crippen LogP contribution in [0.3, 0.4) is 0 Å². The van der Waals surface area contributed by atoms with E-state index in [1.165, 1.54) is 6.42 Å². The van der Waals surface area contributed by atoms with Crippen molar-refractivity contribution in [3.8, 4) is 0 Å². The predicted molar refractivity (Wildman–Crippen MR) is 91.0 cm³/mol. The Morgan fingerprint density at radius 3 is 0.704 bits per heavy atom. The molecule has 0 unspecified atom stereocenters. The second-order valence-electron chi connectivity index (χ2n) is 3.24. The van der Waals surface area contributed by atoms with Gasteiger partial charge in [0.25, 0.3) is 0 Å². The smallest absolute Gasteiger partial charge is 0.343 e. The maximum Gasteiger partial charge on any atom is 1.00 e. The summed E-state index contributed by atoms with van der Waals surface area (Å²) < 4.78 is 96.1. The van der Waals surface area contributed by atoms with Gasteiger partial charge in [0.1, 0.15) is 11.7 Å². The van der Waals surface area contributed by atoms with Gasteiger partial charge in [-0.1, -0.05) is 41.0 Å². The Kier molecular flexibility index (Phi) is 66.9. The fourth-order valence-electron chi connectivity index (χ4n) is 0. The molecule has 0 aromatic carbocycles. The molecule has 0 N–H and O–H groups in total. The van der Waals surface area contributed by atoms with Gasteiger partial charge < -0.3 is 6.92 Å². The van der Waals surface area contributed by atoms with Gasteiger partial charge in [0.15, 0.2) is 5.83 Å². The molecule has 0 aliphatic heterocycles. The largest absolute Gasteiger partial charge is 1.00 e. The Labute approximate surface area is 169 Å². The second kappa shape index (κ2) is 40.0. The molecule has 0 aromatic heterocycles. The van der Waals surface area contributed by atoms with Crippen molar-refractivity contribution >= 4 is 0 Å². The van der Waals surface area contributed by atoms with Gasteiger partial charge in [0.2, 0.25) is 0 Å². The average Bonchev–Trinajstić information content (AvgIpc) is 2.59. The topological polar surface area (TPSA) is 0 Å². The van der Waals surface area contributed by atoms with Crippen LogP contribution in [-0.4, -0.2) is 0 Å². The van der Waals surface area contributed by atoms with Gasteiger partial charge >= 0.3 is 37.1 Å². The SMILES string of the molecule is C/C(F)=C(/C)F.CC.CC.CC(F)=C(F)F.FC(F)=C(F)F.[CH2-]CCC.[Li+]. The van der Waals surface area contributed by atoms with Crippen LogP contribution >= 0.6 is 0 Å². The van der Waals surface area contributed by atoms with Crippen molar-refractivity contribution in [2.45, 2.75) is 68.2 Å². The van der Waals surface area contributed by atoms with Gasteiger partial charge in [-0.2, -0.15) is 32.8 Å². The standard InChI is InChI=1S/C4H6F2.C4H9.C3H3F3.C2F4.2C2H6.Li/c1-3(5)4(2)6;1-3-4-2;1-2(4)3(5)6;3-1(4)2(5)6;2*1-2;/h1-2H3;1,3-4H2,2H3;1H3;;2*1-2H3;/q;-1;;;;;+1/b4-3+;;;;;;. The summed E-state index contributed by atoms with van der Waals surface area (Å²) in [4.78, 5) is 0. The van der Waals surface area contributed by atoms with Crippen molar-refractivity contribution in [3.63, 3.8) is 0 Å². The predicted octanol–water partition coefficient (Wildman–Crippen LogP) is 6.93. The van der Waals surface area contributed by atoms with E-state index in [1.807, 2.05) is 27.7 Å². The first kappa shape index (κ1) is 45.1. The van der Waals surface area contributed by atoms with Crippen molar-refractivity contribution in [3.05, 3.63) is 42.6 Å². The van der Waals surface area contributed by atoms with Gasteiger partial charge in [0.05, 0.1) is 0 Å². The number of rotatable bonds is 1. The number of hydrogen-bond donors (Lipinski definition) is 0. The zero-order chi connectivity index (χ0) is 22.9. The van der Waals surface area contributed by atoms with Crippen LogP contribution in [-0.2, 0) is 0 Å². The summed E-state index contributed by atoms with van der Waals surface area (Å²) >= 11 is 0. The van der Waals surface area contributed by atoms with Gasteiger partial charge in [-0.25, -0.2) is 13.2 Å². The summed E-state index contributed by atoms with van der Waals surface area (Å²) in [7, 11) is 0. The molecular weight excluding hydrogens is 382 g/mol. The van der Waals surface area contributed by atoms with Crippen LogP contribution < -0.4 is 18.9 Å². The normalized spacial score (nSPS) is 8.22. The van der Waals surface area contributed by atoms with Gasteiger partial charge in [-0.15, -0.1) is 0 Å². The van der Waals surface area contributed by atoms with Crippen LogP contribution in [0, 0.1) is 6.92 Å². The first-order chi connectivity index (χ1) is 11.8. The van der Waals surface area contributed by atoms with E-state index in [-0.39, 0.29) is 18.9 Å². The minimum atomic E-state index is -2.91. The maximum absolute atomic E-state index is 11.3. The van der Waals surface area contributed by atoms with Crippen LogP contribution in [0.2, 0.25) is 0 Å². The fourth-order valence-corrected chi connectivity index (χ4v) is 0. The minimum Gasteiger partial charge on any atom is -0.343 e. The zero-order valence-corrected chi connectivity index (χ0v) is 17.5. The van der Waals surface area contributed by atoms with E-state index in [9.17, 15) is 39.5 Å². The molecule has 0 saturated carbocycles. The molecule has 0 heterocycles. The molecule has 0 aliphatic carbocycles. The third-order valence-electron chi connectivity index (χ3n) is 1.23. The third-order valence-corrected chi connectivity index (χ3v) is 1.23. The molecule has 0 radical (unpaired) electrons. The van der Waals surface area contributed by atoms with Crippen molar-refractivity contribution in [2.75, 3.05) is 0 Å². The molecule has 0 saturated heterocycles.